The lowest BCUT2D eigenvalue weighted by Gasteiger charge is -2.03. The fraction of sp³-hybridized carbons (Fsp3) is 0.182. The zero-order valence-corrected chi connectivity index (χ0v) is 11.1. The number of nitrogens with one attached hydrogen (secondary N) is 1. The van der Waals surface area contributed by atoms with Crippen molar-refractivity contribution in [2.45, 2.75) is 6.92 Å². The molecular weight excluding hydrogens is 302 g/mol. The van der Waals surface area contributed by atoms with Crippen LogP contribution in [0.3, 0.4) is 0 Å². The van der Waals surface area contributed by atoms with E-state index in [0.717, 1.165) is 0 Å². The largest absolute Gasteiger partial charge is 0.464 e. The van der Waals surface area contributed by atoms with Crippen LogP contribution in [0.25, 0.3) is 0 Å². The monoisotopic (exact) mass is 311 g/mol. The summed E-state index contributed by atoms with van der Waals surface area (Å²) >= 11 is 3.12. The molecule has 7 heteroatoms. The Balaban J connectivity index is 2.03. The summed E-state index contributed by atoms with van der Waals surface area (Å²) in [5, 5.41) is 2.61. The topological polar surface area (TPSA) is 77.2 Å². The molecule has 0 spiro atoms. The molecule has 6 nitrogen and oxygen atoms in total. The van der Waals surface area contributed by atoms with E-state index in [9.17, 15) is 4.79 Å². The second kappa shape index (κ2) is 5.63. The minimum absolute atomic E-state index is 0.204. The van der Waals surface area contributed by atoms with Gasteiger partial charge in [-0.2, -0.15) is 0 Å². The maximum absolute atomic E-state index is 11.7. The predicted octanol–water partition coefficient (Wildman–Crippen LogP) is 2.48. The molecule has 94 valence electrons. The van der Waals surface area contributed by atoms with Gasteiger partial charge in [0.25, 0.3) is 5.91 Å². The zero-order valence-electron chi connectivity index (χ0n) is 9.51. The van der Waals surface area contributed by atoms with Crippen molar-refractivity contribution in [2.75, 3.05) is 11.9 Å². The number of aromatic nitrogens is 2. The van der Waals surface area contributed by atoms with E-state index in [-0.39, 0.29) is 17.7 Å². The third-order valence-electron chi connectivity index (χ3n) is 1.96. The Kier molecular flexibility index (Phi) is 3.93. The first-order valence-electron chi connectivity index (χ1n) is 5.20. The van der Waals surface area contributed by atoms with Crippen molar-refractivity contribution in [1.82, 2.24) is 9.97 Å². The van der Waals surface area contributed by atoms with Gasteiger partial charge in [0, 0.05) is 0 Å². The summed E-state index contributed by atoms with van der Waals surface area (Å²) in [6.07, 6.45) is 2.93. The number of nitrogens with zero attached hydrogens (tertiary/aromatic N) is 2. The average Bonchev–Trinajstić information content (AvgIpc) is 2.79. The van der Waals surface area contributed by atoms with Gasteiger partial charge in [0.15, 0.2) is 10.4 Å². The summed E-state index contributed by atoms with van der Waals surface area (Å²) in [5.41, 5.74) is 0.468. The highest BCUT2D eigenvalue weighted by molar-refractivity contribution is 9.10. The van der Waals surface area contributed by atoms with Gasteiger partial charge in [-0.1, -0.05) is 0 Å². The fourth-order valence-corrected chi connectivity index (χ4v) is 1.52. The van der Waals surface area contributed by atoms with Gasteiger partial charge in [0.1, 0.15) is 0 Å². The van der Waals surface area contributed by atoms with E-state index in [4.69, 9.17) is 9.15 Å². The van der Waals surface area contributed by atoms with E-state index in [1.54, 1.807) is 12.1 Å². The summed E-state index contributed by atoms with van der Waals surface area (Å²) in [4.78, 5) is 19.6. The van der Waals surface area contributed by atoms with Crippen LogP contribution in [0.2, 0.25) is 0 Å². The van der Waals surface area contributed by atoms with Crippen molar-refractivity contribution in [2.24, 2.45) is 0 Å². The summed E-state index contributed by atoms with van der Waals surface area (Å²) in [6, 6.07) is 3.48. The lowest BCUT2D eigenvalue weighted by molar-refractivity contribution is 0.0995. The van der Waals surface area contributed by atoms with Gasteiger partial charge in [-0.25, -0.2) is 9.97 Å². The molecule has 0 radical (unpaired) electrons. The van der Waals surface area contributed by atoms with Gasteiger partial charge in [-0.05, 0) is 35.0 Å². The van der Waals surface area contributed by atoms with Crippen molar-refractivity contribution in [3.8, 4) is 6.01 Å². The van der Waals surface area contributed by atoms with Crippen LogP contribution in [-0.2, 0) is 0 Å². The predicted molar refractivity (Wildman–Crippen MR) is 67.6 cm³/mol. The maximum Gasteiger partial charge on any atom is 0.316 e. The van der Waals surface area contributed by atoms with E-state index in [1.807, 2.05) is 6.92 Å². The van der Waals surface area contributed by atoms with Crippen LogP contribution >= 0.6 is 15.9 Å². The fourth-order valence-electron chi connectivity index (χ4n) is 1.21. The first-order valence-corrected chi connectivity index (χ1v) is 6.00. The van der Waals surface area contributed by atoms with Crippen molar-refractivity contribution >= 4 is 27.5 Å². The molecule has 0 saturated carbocycles. The molecule has 0 saturated heterocycles. The maximum atomic E-state index is 11.7. The molecule has 1 N–H and O–H groups in total. The van der Waals surface area contributed by atoms with Gasteiger partial charge >= 0.3 is 6.01 Å². The Hall–Kier alpha value is -1.89. The summed E-state index contributed by atoms with van der Waals surface area (Å²) in [6.45, 7) is 2.33. The third kappa shape index (κ3) is 3.07. The van der Waals surface area contributed by atoms with Gasteiger partial charge in [0.2, 0.25) is 0 Å². The second-order valence-corrected chi connectivity index (χ2v) is 4.03. The van der Waals surface area contributed by atoms with Gasteiger partial charge in [-0.3, -0.25) is 4.79 Å². The highest BCUT2D eigenvalue weighted by Crippen LogP contribution is 2.15. The van der Waals surface area contributed by atoms with Gasteiger partial charge < -0.3 is 14.5 Å². The van der Waals surface area contributed by atoms with Crippen molar-refractivity contribution in [3.63, 3.8) is 0 Å². The molecule has 1 amide bonds. The van der Waals surface area contributed by atoms with Crippen LogP contribution in [0, 0.1) is 0 Å². The molecule has 0 atom stereocenters. The van der Waals surface area contributed by atoms with Crippen LogP contribution in [0.4, 0.5) is 5.69 Å². The van der Waals surface area contributed by atoms with E-state index in [2.05, 4.69) is 31.2 Å². The van der Waals surface area contributed by atoms with Crippen LogP contribution in [0.5, 0.6) is 6.01 Å². The number of furan rings is 1. The smallest absolute Gasteiger partial charge is 0.316 e. The lowest BCUT2D eigenvalue weighted by Crippen LogP contribution is -2.11. The van der Waals surface area contributed by atoms with E-state index in [1.165, 1.54) is 12.4 Å². The molecule has 0 bridgehead atoms. The number of hydrogen-bond acceptors (Lipinski definition) is 5. The first-order chi connectivity index (χ1) is 8.69. The SMILES string of the molecule is CCOc1ncc(NC(=O)c2ccc(Br)o2)cn1. The summed E-state index contributed by atoms with van der Waals surface area (Å²) < 4.78 is 10.7. The standard InChI is InChI=1S/C11H10BrN3O3/c1-2-17-11-13-5-7(6-14-11)15-10(16)8-3-4-9(12)18-8/h3-6H,2H2,1H3,(H,15,16). The minimum atomic E-state index is -0.367. The van der Waals surface area contributed by atoms with Gasteiger partial charge in [-0.15, -0.1) is 0 Å². The van der Waals surface area contributed by atoms with Crippen LogP contribution in [-0.4, -0.2) is 22.5 Å². The van der Waals surface area contributed by atoms with Crippen molar-refractivity contribution in [1.29, 1.82) is 0 Å². The number of rotatable bonds is 4. The lowest BCUT2D eigenvalue weighted by atomic mass is 10.4. The molecule has 0 aromatic carbocycles. The van der Waals surface area contributed by atoms with Crippen LogP contribution in [0.15, 0.2) is 33.6 Å². The highest BCUT2D eigenvalue weighted by Gasteiger charge is 2.11. The average molecular weight is 312 g/mol. The Morgan fingerprint density at radius 3 is 2.72 bits per heavy atom. The Morgan fingerprint density at radius 2 is 2.17 bits per heavy atom. The molecule has 0 fully saturated rings. The Bertz CT molecular complexity index is 539. The number of carbonyl (C=O) groups is 1. The number of anilines is 1. The van der Waals surface area contributed by atoms with E-state index < -0.39 is 0 Å². The van der Waals surface area contributed by atoms with E-state index >= 15 is 0 Å². The minimum Gasteiger partial charge on any atom is -0.464 e. The van der Waals surface area contributed by atoms with E-state index in [0.29, 0.717) is 17.0 Å². The normalized spacial score (nSPS) is 10.1. The summed E-state index contributed by atoms with van der Waals surface area (Å²) in [7, 11) is 0. The van der Waals surface area contributed by atoms with Crippen molar-refractivity contribution < 1.29 is 13.9 Å². The molecule has 0 aliphatic heterocycles. The molecule has 2 aromatic heterocycles. The number of ether oxygens (including phenoxy) is 1. The van der Waals surface area contributed by atoms with Gasteiger partial charge in [0.05, 0.1) is 24.7 Å². The zero-order chi connectivity index (χ0) is 13.0. The molecule has 0 aliphatic carbocycles. The number of carbonyl (C=O) groups excluding carboxylic acids is 1. The molecule has 2 rings (SSSR count). The Labute approximate surface area is 112 Å². The van der Waals surface area contributed by atoms with Crippen molar-refractivity contribution in [3.05, 3.63) is 35.0 Å². The third-order valence-corrected chi connectivity index (χ3v) is 2.38. The number of amides is 1. The molecule has 2 heterocycles. The Morgan fingerprint density at radius 1 is 1.44 bits per heavy atom. The molecule has 0 aliphatic rings. The van der Waals surface area contributed by atoms with Crippen LogP contribution < -0.4 is 10.1 Å². The summed E-state index contributed by atoms with van der Waals surface area (Å²) in [5.74, 6) is -0.163. The molecular formula is C11H10BrN3O3. The quantitative estimate of drug-likeness (QED) is 0.938. The first kappa shape index (κ1) is 12.6. The molecule has 18 heavy (non-hydrogen) atoms. The molecule has 0 unspecified atom stereocenters. The highest BCUT2D eigenvalue weighted by atomic mass is 79.9. The van der Waals surface area contributed by atoms with Crippen LogP contribution in [0.1, 0.15) is 17.5 Å². The number of halogens is 1. The number of hydrogen-bond donors (Lipinski definition) is 1. The second-order valence-electron chi connectivity index (χ2n) is 3.25. The molecule has 2 aromatic rings.